The summed E-state index contributed by atoms with van der Waals surface area (Å²) < 4.78 is 0. The summed E-state index contributed by atoms with van der Waals surface area (Å²) in [6.45, 7) is 0.400. The molecule has 1 heterocycles. The van der Waals surface area contributed by atoms with Gasteiger partial charge in [-0.2, -0.15) is 5.26 Å². The smallest absolute Gasteiger partial charge is 0.335 e. The third-order valence-electron chi connectivity index (χ3n) is 4.19. The van der Waals surface area contributed by atoms with Crippen molar-refractivity contribution in [1.29, 1.82) is 5.26 Å². The van der Waals surface area contributed by atoms with Crippen LogP contribution in [-0.2, 0) is 11.2 Å². The van der Waals surface area contributed by atoms with E-state index in [9.17, 15) is 14.9 Å². The minimum Gasteiger partial charge on any atom is -0.478 e. The van der Waals surface area contributed by atoms with E-state index in [0.29, 0.717) is 18.5 Å². The minimum absolute atomic E-state index is 0.0306. The molecule has 0 saturated carbocycles. The number of carboxylic acids is 1. The molecule has 3 rings (SSSR count). The number of aromatic amines is 1. The van der Waals surface area contributed by atoms with Crippen LogP contribution in [-0.4, -0.2) is 28.5 Å². The molecule has 0 saturated heterocycles. The number of carbonyl (C=O) groups is 2. The van der Waals surface area contributed by atoms with E-state index in [0.717, 1.165) is 16.5 Å². The first-order valence-corrected chi connectivity index (χ1v) is 8.37. The molecule has 1 aromatic heterocycles. The molecular formula is C21H17N3O3. The lowest BCUT2D eigenvalue weighted by molar-refractivity contribution is -0.117. The van der Waals surface area contributed by atoms with Gasteiger partial charge in [0.2, 0.25) is 0 Å². The van der Waals surface area contributed by atoms with Crippen LogP contribution in [0.2, 0.25) is 0 Å². The average Bonchev–Trinajstić information content (AvgIpc) is 3.09. The molecule has 3 aromatic rings. The fourth-order valence-electron chi connectivity index (χ4n) is 2.78. The number of rotatable bonds is 6. The Labute approximate surface area is 155 Å². The maximum Gasteiger partial charge on any atom is 0.335 e. The van der Waals surface area contributed by atoms with E-state index in [4.69, 9.17) is 5.11 Å². The van der Waals surface area contributed by atoms with Crippen LogP contribution in [0.3, 0.4) is 0 Å². The van der Waals surface area contributed by atoms with Crippen LogP contribution in [0.15, 0.2) is 60.3 Å². The normalized spacial score (nSPS) is 11.1. The van der Waals surface area contributed by atoms with E-state index < -0.39 is 11.9 Å². The molecule has 0 radical (unpaired) electrons. The Hall–Kier alpha value is -3.85. The molecule has 0 aliphatic rings. The first-order valence-electron chi connectivity index (χ1n) is 8.37. The third-order valence-corrected chi connectivity index (χ3v) is 4.19. The van der Waals surface area contributed by atoms with E-state index >= 15 is 0 Å². The highest BCUT2D eigenvalue weighted by Crippen LogP contribution is 2.17. The van der Waals surface area contributed by atoms with Crippen LogP contribution in [0.4, 0.5) is 0 Å². The molecule has 6 heteroatoms. The zero-order valence-corrected chi connectivity index (χ0v) is 14.4. The van der Waals surface area contributed by atoms with Gasteiger partial charge in [0, 0.05) is 23.6 Å². The number of benzene rings is 2. The summed E-state index contributed by atoms with van der Waals surface area (Å²) in [5, 5.41) is 22.0. The van der Waals surface area contributed by atoms with Crippen molar-refractivity contribution in [3.63, 3.8) is 0 Å². The van der Waals surface area contributed by atoms with Gasteiger partial charge in [-0.1, -0.05) is 30.3 Å². The molecule has 0 unspecified atom stereocenters. The zero-order valence-electron chi connectivity index (χ0n) is 14.4. The number of carboxylic acid groups (broad SMARTS) is 1. The monoisotopic (exact) mass is 359 g/mol. The predicted molar refractivity (Wildman–Crippen MR) is 102 cm³/mol. The summed E-state index contributed by atoms with van der Waals surface area (Å²) in [6, 6.07) is 15.8. The molecule has 0 bridgehead atoms. The van der Waals surface area contributed by atoms with Crippen molar-refractivity contribution < 1.29 is 14.7 Å². The van der Waals surface area contributed by atoms with Crippen molar-refractivity contribution in [3.05, 3.63) is 77.0 Å². The SMILES string of the molecule is N#C/C(=C/c1ccc(C(=O)O)cc1)C(=O)NCCc1c[nH]c2ccccc12. The number of amides is 1. The average molecular weight is 359 g/mol. The lowest BCUT2D eigenvalue weighted by Crippen LogP contribution is -2.26. The summed E-state index contributed by atoms with van der Waals surface area (Å²) in [5.41, 5.74) is 2.84. The van der Waals surface area contributed by atoms with Crippen molar-refractivity contribution in [3.8, 4) is 6.07 Å². The summed E-state index contributed by atoms with van der Waals surface area (Å²) in [4.78, 5) is 26.3. The number of aromatic carboxylic acids is 1. The van der Waals surface area contributed by atoms with Crippen LogP contribution >= 0.6 is 0 Å². The van der Waals surface area contributed by atoms with Gasteiger partial charge in [0.05, 0.1) is 5.56 Å². The predicted octanol–water partition coefficient (Wildman–Crippen LogP) is 3.13. The Morgan fingerprint density at radius 2 is 1.89 bits per heavy atom. The van der Waals surface area contributed by atoms with Gasteiger partial charge in [-0.25, -0.2) is 4.79 Å². The number of H-pyrrole nitrogens is 1. The number of hydrogen-bond donors (Lipinski definition) is 3. The van der Waals surface area contributed by atoms with Crippen molar-refractivity contribution in [1.82, 2.24) is 10.3 Å². The van der Waals surface area contributed by atoms with Crippen molar-refractivity contribution in [2.24, 2.45) is 0 Å². The molecule has 6 nitrogen and oxygen atoms in total. The Bertz CT molecular complexity index is 1060. The van der Waals surface area contributed by atoms with Crippen LogP contribution in [0.5, 0.6) is 0 Å². The molecule has 27 heavy (non-hydrogen) atoms. The van der Waals surface area contributed by atoms with E-state index in [1.807, 2.05) is 36.5 Å². The first-order chi connectivity index (χ1) is 13.1. The standard InChI is InChI=1S/C21H17N3O3/c22-12-17(11-14-5-7-15(8-6-14)21(26)27)20(25)23-10-9-16-13-24-19-4-2-1-3-18(16)19/h1-8,11,13,24H,9-10H2,(H,23,25)(H,26,27)/b17-11-. The maximum absolute atomic E-state index is 12.2. The van der Waals surface area contributed by atoms with Crippen molar-refractivity contribution in [2.45, 2.75) is 6.42 Å². The van der Waals surface area contributed by atoms with Gasteiger partial charge in [0.25, 0.3) is 5.91 Å². The lowest BCUT2D eigenvalue weighted by atomic mass is 10.1. The number of aromatic nitrogens is 1. The maximum atomic E-state index is 12.2. The number of carbonyl (C=O) groups excluding carboxylic acids is 1. The number of fused-ring (bicyclic) bond motifs is 1. The number of nitrogens with one attached hydrogen (secondary N) is 2. The Morgan fingerprint density at radius 1 is 1.15 bits per heavy atom. The Balaban J connectivity index is 1.63. The minimum atomic E-state index is -1.03. The molecule has 0 spiro atoms. The molecule has 0 atom stereocenters. The van der Waals surface area contributed by atoms with E-state index in [-0.39, 0.29) is 11.1 Å². The second-order valence-electron chi connectivity index (χ2n) is 5.96. The van der Waals surface area contributed by atoms with Crippen molar-refractivity contribution in [2.75, 3.05) is 6.54 Å². The number of nitrogens with zero attached hydrogens (tertiary/aromatic N) is 1. The quantitative estimate of drug-likeness (QED) is 0.464. The summed E-state index contributed by atoms with van der Waals surface area (Å²) in [7, 11) is 0. The molecule has 2 aromatic carbocycles. The summed E-state index contributed by atoms with van der Waals surface area (Å²) in [5.74, 6) is -1.49. The van der Waals surface area contributed by atoms with E-state index in [1.165, 1.54) is 18.2 Å². The molecule has 0 aliphatic heterocycles. The van der Waals surface area contributed by atoms with Gasteiger partial charge in [0.15, 0.2) is 0 Å². The van der Waals surface area contributed by atoms with Gasteiger partial charge >= 0.3 is 5.97 Å². The molecule has 3 N–H and O–H groups in total. The van der Waals surface area contributed by atoms with Gasteiger partial charge in [-0.05, 0) is 41.8 Å². The van der Waals surface area contributed by atoms with Gasteiger partial charge in [-0.3, -0.25) is 4.79 Å². The lowest BCUT2D eigenvalue weighted by Gasteiger charge is -2.04. The van der Waals surface area contributed by atoms with Crippen molar-refractivity contribution >= 4 is 28.9 Å². The summed E-state index contributed by atoms with van der Waals surface area (Å²) >= 11 is 0. The fraction of sp³-hybridized carbons (Fsp3) is 0.0952. The molecule has 0 fully saturated rings. The third kappa shape index (κ3) is 4.22. The second kappa shape index (κ2) is 8.02. The first kappa shape index (κ1) is 18.0. The van der Waals surface area contributed by atoms with Gasteiger partial charge < -0.3 is 15.4 Å². The van der Waals surface area contributed by atoms with Gasteiger partial charge in [-0.15, -0.1) is 0 Å². The molecule has 134 valence electrons. The van der Waals surface area contributed by atoms with Crippen LogP contribution in [0.1, 0.15) is 21.5 Å². The largest absolute Gasteiger partial charge is 0.478 e. The number of hydrogen-bond acceptors (Lipinski definition) is 3. The Morgan fingerprint density at radius 3 is 2.59 bits per heavy atom. The van der Waals surface area contributed by atoms with E-state index in [2.05, 4.69) is 10.3 Å². The number of para-hydroxylation sites is 1. The summed E-state index contributed by atoms with van der Waals surface area (Å²) in [6.07, 6.45) is 4.00. The highest BCUT2D eigenvalue weighted by atomic mass is 16.4. The van der Waals surface area contributed by atoms with Crippen LogP contribution in [0.25, 0.3) is 17.0 Å². The highest BCUT2D eigenvalue weighted by Gasteiger charge is 2.10. The second-order valence-corrected chi connectivity index (χ2v) is 5.96. The molecule has 0 aliphatic carbocycles. The van der Waals surface area contributed by atoms with Crippen LogP contribution in [0, 0.1) is 11.3 Å². The number of nitriles is 1. The molecular weight excluding hydrogens is 342 g/mol. The fourth-order valence-corrected chi connectivity index (χ4v) is 2.78. The highest BCUT2D eigenvalue weighted by molar-refractivity contribution is 6.01. The Kier molecular flexibility index (Phi) is 5.33. The topological polar surface area (TPSA) is 106 Å². The van der Waals surface area contributed by atoms with Gasteiger partial charge in [0.1, 0.15) is 11.6 Å². The van der Waals surface area contributed by atoms with Crippen LogP contribution < -0.4 is 5.32 Å². The van der Waals surface area contributed by atoms with E-state index in [1.54, 1.807) is 12.1 Å². The molecule has 1 amide bonds. The zero-order chi connectivity index (χ0) is 19.2.